The molecule has 0 spiro atoms. The molecule has 0 saturated carbocycles. The van der Waals surface area contributed by atoms with Crippen LogP contribution in [0.1, 0.15) is 19.8 Å². The van der Waals surface area contributed by atoms with E-state index >= 15 is 0 Å². The molecule has 0 aliphatic carbocycles. The minimum Gasteiger partial charge on any atom is -0.369 e. The van der Waals surface area contributed by atoms with Crippen molar-refractivity contribution in [3.05, 3.63) is 54.6 Å². The van der Waals surface area contributed by atoms with Crippen LogP contribution in [0.4, 0.5) is 11.4 Å². The minimum atomic E-state index is -3.44. The standard InChI is InChI=1S/C23H30N4O3S/c1-19(25-15-17-26(18-16-25)21-7-3-2-4-8-21)23(28)24-20-9-11-22(12-10-20)31(29,30)27-13-5-6-14-27/h2-4,7-12,19H,5-6,13-18H2,1H3,(H,24,28). The number of amides is 1. The van der Waals surface area contributed by atoms with Crippen LogP contribution < -0.4 is 10.2 Å². The molecule has 2 aromatic carbocycles. The van der Waals surface area contributed by atoms with E-state index in [1.807, 2.05) is 25.1 Å². The fraction of sp³-hybridized carbons (Fsp3) is 0.435. The molecule has 0 aromatic heterocycles. The molecule has 1 atom stereocenters. The highest BCUT2D eigenvalue weighted by atomic mass is 32.2. The van der Waals surface area contributed by atoms with E-state index in [1.165, 1.54) is 9.99 Å². The molecule has 1 unspecified atom stereocenters. The second-order valence-electron chi connectivity index (χ2n) is 8.16. The van der Waals surface area contributed by atoms with E-state index in [0.29, 0.717) is 18.8 Å². The molecule has 0 radical (unpaired) electrons. The minimum absolute atomic E-state index is 0.0803. The van der Waals surface area contributed by atoms with Crippen molar-refractivity contribution in [3.63, 3.8) is 0 Å². The zero-order valence-corrected chi connectivity index (χ0v) is 18.7. The summed E-state index contributed by atoms with van der Waals surface area (Å²) in [4.78, 5) is 17.6. The Morgan fingerprint density at radius 3 is 2.10 bits per heavy atom. The molecular weight excluding hydrogens is 412 g/mol. The lowest BCUT2D eigenvalue weighted by atomic mass is 10.2. The Kier molecular flexibility index (Phi) is 6.60. The molecule has 2 aromatic rings. The Bertz CT molecular complexity index is 981. The van der Waals surface area contributed by atoms with Crippen molar-refractivity contribution >= 4 is 27.3 Å². The largest absolute Gasteiger partial charge is 0.369 e. The van der Waals surface area contributed by atoms with Gasteiger partial charge in [-0.2, -0.15) is 4.31 Å². The van der Waals surface area contributed by atoms with Crippen LogP contribution in [0, 0.1) is 0 Å². The van der Waals surface area contributed by atoms with Gasteiger partial charge in [-0.1, -0.05) is 18.2 Å². The first kappa shape index (κ1) is 21.8. The molecule has 7 nitrogen and oxygen atoms in total. The highest BCUT2D eigenvalue weighted by Crippen LogP contribution is 2.22. The number of carbonyl (C=O) groups excluding carboxylic acids is 1. The number of para-hydroxylation sites is 1. The highest BCUT2D eigenvalue weighted by Gasteiger charge is 2.28. The number of sulfonamides is 1. The topological polar surface area (TPSA) is 73.0 Å². The molecule has 1 amide bonds. The maximum Gasteiger partial charge on any atom is 0.243 e. The van der Waals surface area contributed by atoms with E-state index in [0.717, 1.165) is 39.0 Å². The first-order valence-corrected chi connectivity index (χ1v) is 12.3. The van der Waals surface area contributed by atoms with Crippen LogP contribution >= 0.6 is 0 Å². The summed E-state index contributed by atoms with van der Waals surface area (Å²) in [5.41, 5.74) is 1.82. The first-order valence-electron chi connectivity index (χ1n) is 10.9. The molecule has 2 heterocycles. The van der Waals surface area contributed by atoms with Crippen LogP contribution in [-0.2, 0) is 14.8 Å². The molecular formula is C23H30N4O3S. The Morgan fingerprint density at radius 1 is 0.871 bits per heavy atom. The van der Waals surface area contributed by atoms with E-state index in [9.17, 15) is 13.2 Å². The molecule has 8 heteroatoms. The maximum atomic E-state index is 12.8. The lowest BCUT2D eigenvalue weighted by Gasteiger charge is -2.38. The van der Waals surface area contributed by atoms with Gasteiger partial charge in [0, 0.05) is 50.6 Å². The Hall–Kier alpha value is -2.42. The van der Waals surface area contributed by atoms with Crippen molar-refractivity contribution in [1.82, 2.24) is 9.21 Å². The second kappa shape index (κ2) is 9.38. The highest BCUT2D eigenvalue weighted by molar-refractivity contribution is 7.89. The first-order chi connectivity index (χ1) is 14.9. The fourth-order valence-corrected chi connectivity index (χ4v) is 5.72. The van der Waals surface area contributed by atoms with Gasteiger partial charge in [-0.25, -0.2) is 8.42 Å². The quantitative estimate of drug-likeness (QED) is 0.745. The maximum absolute atomic E-state index is 12.8. The average molecular weight is 443 g/mol. The molecule has 0 bridgehead atoms. The molecule has 166 valence electrons. The van der Waals surface area contributed by atoms with Gasteiger partial charge < -0.3 is 10.2 Å². The molecule has 1 N–H and O–H groups in total. The lowest BCUT2D eigenvalue weighted by molar-refractivity contribution is -0.120. The van der Waals surface area contributed by atoms with Crippen molar-refractivity contribution in [2.75, 3.05) is 49.5 Å². The third-order valence-corrected chi connectivity index (χ3v) is 8.10. The SMILES string of the molecule is CC(C(=O)Nc1ccc(S(=O)(=O)N2CCCC2)cc1)N1CCN(c2ccccc2)CC1. The summed E-state index contributed by atoms with van der Waals surface area (Å²) in [5, 5.41) is 2.93. The summed E-state index contributed by atoms with van der Waals surface area (Å²) in [6, 6.07) is 16.5. The second-order valence-corrected chi connectivity index (χ2v) is 10.1. The zero-order valence-electron chi connectivity index (χ0n) is 17.9. The summed E-state index contributed by atoms with van der Waals surface area (Å²) in [7, 11) is -3.44. The van der Waals surface area contributed by atoms with Crippen LogP contribution in [0.5, 0.6) is 0 Å². The molecule has 2 saturated heterocycles. The summed E-state index contributed by atoms with van der Waals surface area (Å²) in [5.74, 6) is -0.0803. The van der Waals surface area contributed by atoms with Gasteiger partial charge in [-0.15, -0.1) is 0 Å². The van der Waals surface area contributed by atoms with E-state index in [4.69, 9.17) is 0 Å². The predicted octanol–water partition coefficient (Wildman–Crippen LogP) is 2.62. The molecule has 31 heavy (non-hydrogen) atoms. The number of nitrogens with zero attached hydrogens (tertiary/aromatic N) is 3. The summed E-state index contributed by atoms with van der Waals surface area (Å²) < 4.78 is 26.8. The Balaban J connectivity index is 1.32. The monoisotopic (exact) mass is 442 g/mol. The third-order valence-electron chi connectivity index (χ3n) is 6.19. The van der Waals surface area contributed by atoms with Gasteiger partial charge in [0.1, 0.15) is 0 Å². The number of rotatable bonds is 6. The lowest BCUT2D eigenvalue weighted by Crippen LogP contribution is -2.52. The van der Waals surface area contributed by atoms with Crippen molar-refractivity contribution in [2.24, 2.45) is 0 Å². The van der Waals surface area contributed by atoms with Crippen molar-refractivity contribution in [3.8, 4) is 0 Å². The van der Waals surface area contributed by atoms with Crippen molar-refractivity contribution in [2.45, 2.75) is 30.7 Å². The molecule has 2 aliphatic rings. The summed E-state index contributed by atoms with van der Waals surface area (Å²) in [6.45, 7) is 6.47. The summed E-state index contributed by atoms with van der Waals surface area (Å²) >= 11 is 0. The molecule has 2 fully saturated rings. The number of nitrogens with one attached hydrogen (secondary N) is 1. The van der Waals surface area contributed by atoms with Crippen LogP contribution in [0.2, 0.25) is 0 Å². The summed E-state index contributed by atoms with van der Waals surface area (Å²) in [6.07, 6.45) is 1.82. The van der Waals surface area contributed by atoms with Gasteiger partial charge in [-0.05, 0) is 56.2 Å². The number of carbonyl (C=O) groups is 1. The Labute approximate surface area is 184 Å². The van der Waals surface area contributed by atoms with Crippen LogP contribution in [-0.4, -0.2) is 68.8 Å². The molecule has 2 aliphatic heterocycles. The van der Waals surface area contributed by atoms with Crippen LogP contribution in [0.15, 0.2) is 59.5 Å². The zero-order chi connectivity index (χ0) is 21.8. The number of anilines is 2. The van der Waals surface area contributed by atoms with Crippen molar-refractivity contribution < 1.29 is 13.2 Å². The van der Waals surface area contributed by atoms with Gasteiger partial charge >= 0.3 is 0 Å². The number of piperazine rings is 1. The van der Waals surface area contributed by atoms with E-state index in [2.05, 4.69) is 27.2 Å². The smallest absolute Gasteiger partial charge is 0.243 e. The number of hydrogen-bond donors (Lipinski definition) is 1. The van der Waals surface area contributed by atoms with Crippen LogP contribution in [0.25, 0.3) is 0 Å². The van der Waals surface area contributed by atoms with E-state index in [1.54, 1.807) is 24.3 Å². The van der Waals surface area contributed by atoms with Gasteiger partial charge in [0.05, 0.1) is 10.9 Å². The third kappa shape index (κ3) is 4.92. The van der Waals surface area contributed by atoms with Gasteiger partial charge in [0.25, 0.3) is 0 Å². The molecule has 4 rings (SSSR count). The van der Waals surface area contributed by atoms with E-state index < -0.39 is 10.0 Å². The van der Waals surface area contributed by atoms with Gasteiger partial charge in [-0.3, -0.25) is 9.69 Å². The fourth-order valence-electron chi connectivity index (χ4n) is 4.21. The van der Waals surface area contributed by atoms with Gasteiger partial charge in [0.2, 0.25) is 15.9 Å². The number of benzene rings is 2. The average Bonchev–Trinajstić information content (AvgIpc) is 3.36. The predicted molar refractivity (Wildman–Crippen MR) is 123 cm³/mol. The van der Waals surface area contributed by atoms with Gasteiger partial charge in [0.15, 0.2) is 0 Å². The van der Waals surface area contributed by atoms with Crippen LogP contribution in [0.3, 0.4) is 0 Å². The van der Waals surface area contributed by atoms with Crippen molar-refractivity contribution in [1.29, 1.82) is 0 Å². The normalized spacial score (nSPS) is 19.3. The van der Waals surface area contributed by atoms with E-state index in [-0.39, 0.29) is 16.8 Å². The Morgan fingerprint density at radius 2 is 1.48 bits per heavy atom. The number of hydrogen-bond acceptors (Lipinski definition) is 5.